The highest BCUT2D eigenvalue weighted by Gasteiger charge is 2.54. The van der Waals surface area contributed by atoms with Crippen molar-refractivity contribution < 1.29 is 44.0 Å². The molecule has 1 aliphatic carbocycles. The summed E-state index contributed by atoms with van der Waals surface area (Å²) in [5.41, 5.74) is 2.30. The second-order valence-corrected chi connectivity index (χ2v) is 11.5. The average Bonchev–Trinajstić information content (AvgIpc) is 3.58. The molecule has 4 atom stereocenters. The third kappa shape index (κ3) is 8.05. The fraction of sp³-hybridized carbons (Fsp3) is 0.500. The van der Waals surface area contributed by atoms with Gasteiger partial charge < -0.3 is 29.6 Å². The Kier molecular flexibility index (Phi) is 11.9. The van der Waals surface area contributed by atoms with E-state index in [1.54, 1.807) is 12.1 Å². The predicted octanol–water partition coefficient (Wildman–Crippen LogP) is 4.34. The van der Waals surface area contributed by atoms with Gasteiger partial charge in [-0.25, -0.2) is 0 Å². The monoisotopic (exact) mass is 609 g/mol. The van der Waals surface area contributed by atoms with Gasteiger partial charge >= 0.3 is 5.97 Å². The Morgan fingerprint density at radius 1 is 1.07 bits per heavy atom. The molecule has 2 aromatic rings. The Morgan fingerprint density at radius 3 is 2.50 bits per heavy atom. The van der Waals surface area contributed by atoms with E-state index in [9.17, 15) is 29.7 Å². The van der Waals surface area contributed by atoms with E-state index in [4.69, 9.17) is 14.3 Å². The number of carboxylic acid groups (broad SMARTS) is 1. The van der Waals surface area contributed by atoms with Gasteiger partial charge in [0.25, 0.3) is 0 Å². The van der Waals surface area contributed by atoms with Crippen molar-refractivity contribution in [1.29, 1.82) is 0 Å². The first-order chi connectivity index (χ1) is 21.3. The molecule has 0 unspecified atom stereocenters. The van der Waals surface area contributed by atoms with E-state index in [0.717, 1.165) is 5.57 Å². The number of carbonyl (C=O) groups excluding carboxylic acids is 2. The summed E-state index contributed by atoms with van der Waals surface area (Å²) in [5.74, 6) is -1.99. The van der Waals surface area contributed by atoms with Gasteiger partial charge in [-0.1, -0.05) is 37.1 Å². The smallest absolute Gasteiger partial charge is 0.303 e. The van der Waals surface area contributed by atoms with Crippen LogP contribution < -0.4 is 4.74 Å². The molecule has 1 saturated heterocycles. The van der Waals surface area contributed by atoms with Crippen molar-refractivity contribution in [1.82, 2.24) is 4.90 Å². The molecule has 10 nitrogen and oxygen atoms in total. The third-order valence-electron chi connectivity index (χ3n) is 8.64. The largest absolute Gasteiger partial charge is 0.489 e. The molecule has 1 aromatic carbocycles. The molecule has 4 N–H and O–H groups in total. The third-order valence-corrected chi connectivity index (χ3v) is 8.64. The maximum Gasteiger partial charge on any atom is 0.303 e. The maximum absolute atomic E-state index is 13.6. The quantitative estimate of drug-likeness (QED) is 0.116. The number of amides is 2. The number of aliphatic hydroxyl groups excluding tert-OH is 3. The standard InChI is InChI=1S/C34H43NO9/c1-2-22(17-25-13-14-26(19-36)44-25)12-15-29(38)31-23(21-43-24-9-5-3-6-10-24)18-27-32(28(31)20-37)34(42)35(33(27)41)16-8-4-7-11-30(39)40/h3,5-6,9-10,13-14,17,27-29,32,36-38H,2,4,7-8,11-12,15-16,18-21H2,1H3,(H,39,40)/b22-17+/t27-,28+,29-,32-/m1/s1. The topological polar surface area (TPSA) is 158 Å². The Balaban J connectivity index is 1.55. The van der Waals surface area contributed by atoms with E-state index < -0.39 is 36.4 Å². The fourth-order valence-corrected chi connectivity index (χ4v) is 6.37. The molecule has 1 aliphatic heterocycles. The number of ether oxygens (including phenoxy) is 1. The molecule has 1 aromatic heterocycles. The van der Waals surface area contributed by atoms with E-state index in [0.29, 0.717) is 66.9 Å². The summed E-state index contributed by atoms with van der Waals surface area (Å²) in [6.07, 6.45) is 4.33. The van der Waals surface area contributed by atoms with Crippen LogP contribution in [0.4, 0.5) is 0 Å². The number of likely N-dealkylation sites (tertiary alicyclic amines) is 1. The summed E-state index contributed by atoms with van der Waals surface area (Å²) in [5, 5.41) is 40.4. The van der Waals surface area contributed by atoms with Crippen LogP contribution in [0.15, 0.2) is 63.6 Å². The highest BCUT2D eigenvalue weighted by molar-refractivity contribution is 6.05. The lowest BCUT2D eigenvalue weighted by molar-refractivity contribution is -0.141. The molecular weight excluding hydrogens is 566 g/mol. The number of carbonyl (C=O) groups is 3. The van der Waals surface area contributed by atoms with Crippen molar-refractivity contribution in [3.8, 4) is 5.75 Å². The predicted molar refractivity (Wildman–Crippen MR) is 162 cm³/mol. The summed E-state index contributed by atoms with van der Waals surface area (Å²) in [6.45, 7) is 1.73. The van der Waals surface area contributed by atoms with Crippen LogP contribution >= 0.6 is 0 Å². The lowest BCUT2D eigenvalue weighted by Gasteiger charge is -2.36. The van der Waals surface area contributed by atoms with Crippen LogP contribution in [0.1, 0.15) is 69.8 Å². The van der Waals surface area contributed by atoms with Gasteiger partial charge in [-0.3, -0.25) is 19.3 Å². The van der Waals surface area contributed by atoms with Crippen molar-refractivity contribution in [2.24, 2.45) is 17.8 Å². The van der Waals surface area contributed by atoms with Crippen LogP contribution in [0.25, 0.3) is 6.08 Å². The van der Waals surface area contributed by atoms with Gasteiger partial charge in [0, 0.05) is 18.9 Å². The SMILES string of the molecule is CC/C(=C\c1ccc(CO)o1)CC[C@@H](O)C1=C(COc2ccccc2)C[C@H]2C(=O)N(CCCCCC(=O)O)C(=O)[C@H]2[C@H]1CO. The second-order valence-electron chi connectivity index (χ2n) is 11.5. The van der Waals surface area contributed by atoms with Crippen LogP contribution in [0, 0.1) is 17.8 Å². The van der Waals surface area contributed by atoms with E-state index in [1.807, 2.05) is 43.3 Å². The molecule has 0 bridgehead atoms. The van der Waals surface area contributed by atoms with Crippen LogP contribution in [0.2, 0.25) is 0 Å². The molecule has 0 radical (unpaired) electrons. The highest BCUT2D eigenvalue weighted by Crippen LogP contribution is 2.46. The number of hydrogen-bond acceptors (Lipinski definition) is 8. The van der Waals surface area contributed by atoms with Crippen LogP contribution in [0.5, 0.6) is 5.75 Å². The van der Waals surface area contributed by atoms with Gasteiger partial charge in [0.15, 0.2) is 0 Å². The molecule has 44 heavy (non-hydrogen) atoms. The van der Waals surface area contributed by atoms with Crippen molar-refractivity contribution in [3.63, 3.8) is 0 Å². The summed E-state index contributed by atoms with van der Waals surface area (Å²) < 4.78 is 11.7. The van der Waals surface area contributed by atoms with Crippen molar-refractivity contribution >= 4 is 23.9 Å². The number of aliphatic hydroxyl groups is 3. The number of hydrogen-bond donors (Lipinski definition) is 4. The number of carboxylic acids is 1. The van der Waals surface area contributed by atoms with Gasteiger partial charge in [0.1, 0.15) is 30.5 Å². The number of nitrogens with zero attached hydrogens (tertiary/aromatic N) is 1. The molecule has 0 saturated carbocycles. The van der Waals surface area contributed by atoms with E-state index in [-0.39, 0.29) is 44.4 Å². The average molecular weight is 610 g/mol. The van der Waals surface area contributed by atoms with Gasteiger partial charge in [-0.15, -0.1) is 0 Å². The summed E-state index contributed by atoms with van der Waals surface area (Å²) >= 11 is 0. The maximum atomic E-state index is 13.6. The Morgan fingerprint density at radius 2 is 1.84 bits per heavy atom. The zero-order chi connectivity index (χ0) is 31.6. The second kappa shape index (κ2) is 15.8. The first-order valence-electron chi connectivity index (χ1n) is 15.4. The molecule has 10 heteroatoms. The zero-order valence-corrected chi connectivity index (χ0v) is 25.2. The van der Waals surface area contributed by atoms with E-state index >= 15 is 0 Å². The number of fused-ring (bicyclic) bond motifs is 1. The lowest BCUT2D eigenvalue weighted by Crippen LogP contribution is -2.40. The number of imide groups is 1. The van der Waals surface area contributed by atoms with Crippen LogP contribution in [-0.2, 0) is 21.0 Å². The molecule has 2 aliphatic rings. The first kappa shape index (κ1) is 33.2. The zero-order valence-electron chi connectivity index (χ0n) is 25.2. The molecule has 0 spiro atoms. The van der Waals surface area contributed by atoms with Gasteiger partial charge in [-0.2, -0.15) is 0 Å². The van der Waals surface area contributed by atoms with E-state index in [2.05, 4.69) is 0 Å². The van der Waals surface area contributed by atoms with Gasteiger partial charge in [0.05, 0.1) is 24.5 Å². The molecule has 2 heterocycles. The number of furan rings is 1. The van der Waals surface area contributed by atoms with Crippen molar-refractivity contribution in [2.45, 2.75) is 71.0 Å². The molecule has 2 amide bonds. The molecular formula is C34H43NO9. The summed E-state index contributed by atoms with van der Waals surface area (Å²) in [6, 6.07) is 12.7. The molecule has 1 fully saturated rings. The fourth-order valence-electron chi connectivity index (χ4n) is 6.37. The first-order valence-corrected chi connectivity index (χ1v) is 15.4. The minimum absolute atomic E-state index is 0.0375. The van der Waals surface area contributed by atoms with Crippen LogP contribution in [0.3, 0.4) is 0 Å². The van der Waals surface area contributed by atoms with Gasteiger partial charge in [-0.05, 0) is 80.0 Å². The lowest BCUT2D eigenvalue weighted by atomic mass is 9.68. The minimum atomic E-state index is -0.977. The van der Waals surface area contributed by atoms with Crippen molar-refractivity contribution in [2.75, 3.05) is 19.8 Å². The van der Waals surface area contributed by atoms with E-state index in [1.165, 1.54) is 4.90 Å². The number of benzene rings is 1. The summed E-state index contributed by atoms with van der Waals surface area (Å²) in [7, 11) is 0. The minimum Gasteiger partial charge on any atom is -0.489 e. The van der Waals surface area contributed by atoms with Crippen LogP contribution in [-0.4, -0.2) is 69.0 Å². The molecule has 238 valence electrons. The number of allylic oxidation sites excluding steroid dienone is 1. The Bertz CT molecular complexity index is 1350. The Labute approximate surface area is 257 Å². The highest BCUT2D eigenvalue weighted by atomic mass is 16.5. The number of unbranched alkanes of at least 4 members (excludes halogenated alkanes) is 2. The number of aliphatic carboxylic acids is 1. The Hall–Kier alpha value is -3.73. The van der Waals surface area contributed by atoms with Gasteiger partial charge in [0.2, 0.25) is 11.8 Å². The normalized spacial score (nSPS) is 21.1. The molecule has 4 rings (SSSR count). The number of rotatable bonds is 17. The number of para-hydroxylation sites is 1. The summed E-state index contributed by atoms with van der Waals surface area (Å²) in [4.78, 5) is 39.2. The van der Waals surface area contributed by atoms with Crippen molar-refractivity contribution in [3.05, 3.63) is 70.7 Å².